The third-order valence-corrected chi connectivity index (χ3v) is 4.00. The summed E-state index contributed by atoms with van der Waals surface area (Å²) in [6.07, 6.45) is 5.71. The Morgan fingerprint density at radius 3 is 2.35 bits per heavy atom. The van der Waals surface area contributed by atoms with Crippen LogP contribution in [0.4, 0.5) is 0 Å². The average molecular weight is 230 g/mol. The van der Waals surface area contributed by atoms with E-state index in [-0.39, 0.29) is 5.92 Å². The Bertz CT molecular complexity index is 371. The van der Waals surface area contributed by atoms with Crippen LogP contribution in [-0.4, -0.2) is 5.78 Å². The largest absolute Gasteiger partial charge is 0.299 e. The number of carbonyl (C=O) groups excluding carboxylic acids is 1. The summed E-state index contributed by atoms with van der Waals surface area (Å²) in [5.74, 6) is 1.16. The lowest BCUT2D eigenvalue weighted by molar-refractivity contribution is -0.121. The molecular weight excluding hydrogens is 208 g/mol. The molecular formula is C16H22O. The van der Waals surface area contributed by atoms with E-state index in [1.165, 1.54) is 36.8 Å². The van der Waals surface area contributed by atoms with Crippen molar-refractivity contribution in [3.63, 3.8) is 0 Å². The Balaban J connectivity index is 2.25. The molecule has 1 aliphatic carbocycles. The van der Waals surface area contributed by atoms with Gasteiger partial charge in [0.15, 0.2) is 0 Å². The summed E-state index contributed by atoms with van der Waals surface area (Å²) in [7, 11) is 0. The summed E-state index contributed by atoms with van der Waals surface area (Å²) < 4.78 is 0. The number of benzene rings is 1. The van der Waals surface area contributed by atoms with Gasteiger partial charge in [-0.1, -0.05) is 49.6 Å². The van der Waals surface area contributed by atoms with Gasteiger partial charge < -0.3 is 0 Å². The predicted molar refractivity (Wildman–Crippen MR) is 71.2 cm³/mol. The van der Waals surface area contributed by atoms with Crippen LogP contribution in [0.25, 0.3) is 0 Å². The highest BCUT2D eigenvalue weighted by Crippen LogP contribution is 2.38. The number of carbonyl (C=O) groups is 1. The van der Waals surface area contributed by atoms with Gasteiger partial charge in [0.05, 0.1) is 0 Å². The van der Waals surface area contributed by atoms with Crippen LogP contribution in [-0.2, 0) is 4.79 Å². The standard InChI is InChI=1S/C16H22O/c1-3-15(17)16(13-6-4-5-7-13)14-10-8-12(2)9-11-14/h8-11,13,16H,3-7H2,1-2H3. The predicted octanol–water partition coefficient (Wildman–Crippen LogP) is 4.25. The molecule has 0 aliphatic heterocycles. The van der Waals surface area contributed by atoms with Crippen molar-refractivity contribution >= 4 is 5.78 Å². The third-order valence-electron chi connectivity index (χ3n) is 4.00. The van der Waals surface area contributed by atoms with Gasteiger partial charge in [-0.3, -0.25) is 4.79 Å². The van der Waals surface area contributed by atoms with Crippen LogP contribution in [0.2, 0.25) is 0 Å². The SMILES string of the molecule is CCC(=O)C(c1ccc(C)cc1)C1CCCC1. The van der Waals surface area contributed by atoms with Gasteiger partial charge in [0.1, 0.15) is 5.78 Å². The van der Waals surface area contributed by atoms with E-state index in [2.05, 4.69) is 31.2 Å². The lowest BCUT2D eigenvalue weighted by Crippen LogP contribution is -2.19. The third kappa shape index (κ3) is 2.77. The molecule has 1 unspecified atom stereocenters. The molecule has 0 aromatic heterocycles. The first-order chi connectivity index (χ1) is 8.22. The van der Waals surface area contributed by atoms with Crippen LogP contribution < -0.4 is 0 Å². The topological polar surface area (TPSA) is 17.1 Å². The summed E-state index contributed by atoms with van der Waals surface area (Å²) in [5.41, 5.74) is 2.50. The maximum Gasteiger partial charge on any atom is 0.140 e. The molecule has 1 saturated carbocycles. The first-order valence-corrected chi connectivity index (χ1v) is 6.81. The number of hydrogen-bond donors (Lipinski definition) is 0. The van der Waals surface area contributed by atoms with Crippen molar-refractivity contribution < 1.29 is 4.79 Å². The molecule has 0 N–H and O–H groups in total. The smallest absolute Gasteiger partial charge is 0.140 e. The minimum absolute atomic E-state index is 0.156. The maximum atomic E-state index is 12.2. The van der Waals surface area contributed by atoms with Crippen molar-refractivity contribution in [1.82, 2.24) is 0 Å². The molecule has 0 radical (unpaired) electrons. The van der Waals surface area contributed by atoms with Crippen LogP contribution in [0.5, 0.6) is 0 Å². The summed E-state index contributed by atoms with van der Waals surface area (Å²) in [6, 6.07) is 8.54. The Hall–Kier alpha value is -1.11. The molecule has 1 heteroatoms. The van der Waals surface area contributed by atoms with Crippen molar-refractivity contribution in [2.24, 2.45) is 5.92 Å². The van der Waals surface area contributed by atoms with Gasteiger partial charge >= 0.3 is 0 Å². The lowest BCUT2D eigenvalue weighted by Gasteiger charge is -2.22. The molecule has 0 amide bonds. The molecule has 1 aromatic carbocycles. The summed E-state index contributed by atoms with van der Waals surface area (Å²) in [4.78, 5) is 12.2. The fourth-order valence-electron chi connectivity index (χ4n) is 3.01. The first-order valence-electron chi connectivity index (χ1n) is 6.81. The van der Waals surface area contributed by atoms with E-state index in [1.807, 2.05) is 6.92 Å². The van der Waals surface area contributed by atoms with Gasteiger partial charge in [0.2, 0.25) is 0 Å². The molecule has 0 saturated heterocycles. The molecule has 0 heterocycles. The fraction of sp³-hybridized carbons (Fsp3) is 0.562. The van der Waals surface area contributed by atoms with Gasteiger partial charge in [0, 0.05) is 12.3 Å². The number of rotatable bonds is 4. The normalized spacial score (nSPS) is 18.2. The second-order valence-electron chi connectivity index (χ2n) is 5.25. The molecule has 1 aromatic rings. The number of aryl methyl sites for hydroxylation is 1. The van der Waals surface area contributed by atoms with Crippen LogP contribution in [0, 0.1) is 12.8 Å². The fourth-order valence-corrected chi connectivity index (χ4v) is 3.01. The summed E-state index contributed by atoms with van der Waals surface area (Å²) >= 11 is 0. The van der Waals surface area contributed by atoms with Gasteiger partial charge in [-0.05, 0) is 31.2 Å². The monoisotopic (exact) mass is 230 g/mol. The zero-order valence-corrected chi connectivity index (χ0v) is 10.9. The number of Topliss-reactive ketones (excluding diaryl/α,β-unsaturated/α-hetero) is 1. The molecule has 0 spiro atoms. The first kappa shape index (κ1) is 12.3. The molecule has 1 aliphatic rings. The second kappa shape index (κ2) is 5.48. The molecule has 0 bridgehead atoms. The van der Waals surface area contributed by atoms with Crippen molar-refractivity contribution in [2.45, 2.75) is 51.9 Å². The Labute approximate surface area is 104 Å². The zero-order valence-electron chi connectivity index (χ0n) is 10.9. The number of hydrogen-bond acceptors (Lipinski definition) is 1. The zero-order chi connectivity index (χ0) is 12.3. The minimum Gasteiger partial charge on any atom is -0.299 e. The van der Waals surface area contributed by atoms with E-state index in [0.29, 0.717) is 18.1 Å². The van der Waals surface area contributed by atoms with Gasteiger partial charge in [-0.15, -0.1) is 0 Å². The van der Waals surface area contributed by atoms with E-state index in [4.69, 9.17) is 0 Å². The quantitative estimate of drug-likeness (QED) is 0.755. The molecule has 1 nitrogen and oxygen atoms in total. The Morgan fingerprint density at radius 2 is 1.82 bits per heavy atom. The summed E-state index contributed by atoms with van der Waals surface area (Å²) in [6.45, 7) is 4.08. The molecule has 1 fully saturated rings. The van der Waals surface area contributed by atoms with Gasteiger partial charge in [-0.25, -0.2) is 0 Å². The highest BCUT2D eigenvalue weighted by molar-refractivity contribution is 5.85. The van der Waals surface area contributed by atoms with Gasteiger partial charge in [0.25, 0.3) is 0 Å². The van der Waals surface area contributed by atoms with Crippen molar-refractivity contribution in [2.75, 3.05) is 0 Å². The highest BCUT2D eigenvalue weighted by atomic mass is 16.1. The maximum absolute atomic E-state index is 12.2. The minimum atomic E-state index is 0.156. The molecule has 2 rings (SSSR count). The van der Waals surface area contributed by atoms with E-state index >= 15 is 0 Å². The molecule has 92 valence electrons. The van der Waals surface area contributed by atoms with Crippen LogP contribution in [0.15, 0.2) is 24.3 Å². The van der Waals surface area contributed by atoms with Gasteiger partial charge in [-0.2, -0.15) is 0 Å². The van der Waals surface area contributed by atoms with E-state index in [1.54, 1.807) is 0 Å². The van der Waals surface area contributed by atoms with E-state index in [9.17, 15) is 4.79 Å². The van der Waals surface area contributed by atoms with Crippen LogP contribution in [0.1, 0.15) is 56.1 Å². The van der Waals surface area contributed by atoms with Crippen molar-refractivity contribution in [3.05, 3.63) is 35.4 Å². The average Bonchev–Trinajstić information content (AvgIpc) is 2.85. The van der Waals surface area contributed by atoms with Crippen LogP contribution in [0.3, 0.4) is 0 Å². The second-order valence-corrected chi connectivity index (χ2v) is 5.25. The van der Waals surface area contributed by atoms with Crippen molar-refractivity contribution in [3.8, 4) is 0 Å². The number of ketones is 1. The Morgan fingerprint density at radius 1 is 1.24 bits per heavy atom. The highest BCUT2D eigenvalue weighted by Gasteiger charge is 2.30. The van der Waals surface area contributed by atoms with E-state index in [0.717, 1.165) is 0 Å². The molecule has 1 atom stereocenters. The van der Waals surface area contributed by atoms with E-state index < -0.39 is 0 Å². The Kier molecular flexibility index (Phi) is 3.98. The van der Waals surface area contributed by atoms with Crippen molar-refractivity contribution in [1.29, 1.82) is 0 Å². The summed E-state index contributed by atoms with van der Waals surface area (Å²) in [5, 5.41) is 0. The molecule has 17 heavy (non-hydrogen) atoms. The van der Waals surface area contributed by atoms with Crippen LogP contribution >= 0.6 is 0 Å². The lowest BCUT2D eigenvalue weighted by atomic mass is 9.81.